The molecule has 1 unspecified atom stereocenters. The summed E-state index contributed by atoms with van der Waals surface area (Å²) in [5, 5.41) is 14.2. The van der Waals surface area contributed by atoms with E-state index in [-0.39, 0.29) is 35.8 Å². The normalized spacial score (nSPS) is 15.4. The van der Waals surface area contributed by atoms with Crippen molar-refractivity contribution in [1.82, 2.24) is 20.4 Å². The second-order valence-electron chi connectivity index (χ2n) is 7.64. The summed E-state index contributed by atoms with van der Waals surface area (Å²) in [6, 6.07) is 18.1. The number of aryl methyl sites for hydroxylation is 1. The SMILES string of the molecule is CCNC(=NCc1ccccc1-n1ccc(C)n1)NCC1CC(=O)Nc2ccccc21.I. The Morgan fingerprint density at radius 3 is 2.72 bits per heavy atom. The van der Waals surface area contributed by atoms with Gasteiger partial charge in [0.1, 0.15) is 0 Å². The molecule has 2 aromatic carbocycles. The van der Waals surface area contributed by atoms with E-state index < -0.39 is 0 Å². The van der Waals surface area contributed by atoms with Crippen molar-refractivity contribution >= 4 is 41.5 Å². The minimum absolute atomic E-state index is 0. The molecule has 32 heavy (non-hydrogen) atoms. The van der Waals surface area contributed by atoms with E-state index in [9.17, 15) is 4.79 Å². The van der Waals surface area contributed by atoms with Crippen LogP contribution in [-0.2, 0) is 11.3 Å². The van der Waals surface area contributed by atoms with Crippen LogP contribution in [0.25, 0.3) is 5.69 Å². The van der Waals surface area contributed by atoms with Crippen molar-refractivity contribution in [3.05, 3.63) is 77.6 Å². The zero-order valence-corrected chi connectivity index (χ0v) is 20.7. The molecule has 1 aromatic heterocycles. The van der Waals surface area contributed by atoms with Gasteiger partial charge in [-0.15, -0.1) is 24.0 Å². The molecule has 168 valence electrons. The molecule has 0 aliphatic carbocycles. The lowest BCUT2D eigenvalue weighted by molar-refractivity contribution is -0.116. The highest BCUT2D eigenvalue weighted by Gasteiger charge is 2.24. The number of anilines is 1. The first-order valence-corrected chi connectivity index (χ1v) is 10.7. The van der Waals surface area contributed by atoms with E-state index in [0.717, 1.165) is 40.7 Å². The van der Waals surface area contributed by atoms with E-state index in [1.54, 1.807) is 0 Å². The van der Waals surface area contributed by atoms with Crippen LogP contribution in [0.2, 0.25) is 0 Å². The number of nitrogens with one attached hydrogen (secondary N) is 3. The fourth-order valence-electron chi connectivity index (χ4n) is 3.83. The Morgan fingerprint density at radius 1 is 1.16 bits per heavy atom. The Hall–Kier alpha value is -2.88. The minimum atomic E-state index is 0. The van der Waals surface area contributed by atoms with Gasteiger partial charge >= 0.3 is 0 Å². The van der Waals surface area contributed by atoms with E-state index in [1.807, 2.05) is 61.1 Å². The van der Waals surface area contributed by atoms with Gasteiger partial charge in [-0.3, -0.25) is 4.79 Å². The number of nitrogens with zero attached hydrogens (tertiary/aromatic N) is 3. The molecule has 0 radical (unpaired) electrons. The number of halogens is 1. The van der Waals surface area contributed by atoms with Crippen LogP contribution in [0.1, 0.15) is 36.1 Å². The summed E-state index contributed by atoms with van der Waals surface area (Å²) >= 11 is 0. The number of amides is 1. The fraction of sp³-hybridized carbons (Fsp3) is 0.292. The molecule has 7 nitrogen and oxygen atoms in total. The number of fused-ring (bicyclic) bond motifs is 1. The lowest BCUT2D eigenvalue weighted by atomic mass is 9.90. The zero-order valence-electron chi connectivity index (χ0n) is 18.3. The molecule has 0 spiro atoms. The van der Waals surface area contributed by atoms with Gasteiger partial charge in [0.2, 0.25) is 5.91 Å². The van der Waals surface area contributed by atoms with Crippen molar-refractivity contribution in [2.75, 3.05) is 18.4 Å². The number of guanidine groups is 1. The van der Waals surface area contributed by atoms with Gasteiger partial charge in [0, 0.05) is 37.3 Å². The van der Waals surface area contributed by atoms with Crippen LogP contribution in [-0.4, -0.2) is 34.7 Å². The number of benzene rings is 2. The number of hydrogen-bond acceptors (Lipinski definition) is 3. The Labute approximate surface area is 205 Å². The maximum absolute atomic E-state index is 12.1. The van der Waals surface area contributed by atoms with Gasteiger partial charge in [0.05, 0.1) is 17.9 Å². The Kier molecular flexibility index (Phi) is 8.26. The molecule has 8 heteroatoms. The van der Waals surface area contributed by atoms with E-state index in [4.69, 9.17) is 4.99 Å². The van der Waals surface area contributed by atoms with E-state index in [1.165, 1.54) is 0 Å². The van der Waals surface area contributed by atoms with Crippen LogP contribution in [0, 0.1) is 6.92 Å². The van der Waals surface area contributed by atoms with Gasteiger partial charge in [-0.25, -0.2) is 9.67 Å². The van der Waals surface area contributed by atoms with Crippen LogP contribution in [0.15, 0.2) is 65.8 Å². The first-order chi connectivity index (χ1) is 15.1. The number of rotatable bonds is 6. The van der Waals surface area contributed by atoms with Crippen LogP contribution >= 0.6 is 24.0 Å². The maximum atomic E-state index is 12.1. The summed E-state index contributed by atoms with van der Waals surface area (Å²) in [7, 11) is 0. The predicted octanol–water partition coefficient (Wildman–Crippen LogP) is 3.98. The van der Waals surface area contributed by atoms with Gasteiger partial charge in [-0.2, -0.15) is 5.10 Å². The third kappa shape index (κ3) is 5.67. The molecule has 1 atom stereocenters. The molecule has 2 heterocycles. The average Bonchev–Trinajstić information content (AvgIpc) is 3.21. The lowest BCUT2D eigenvalue weighted by Crippen LogP contribution is -2.40. The van der Waals surface area contributed by atoms with Crippen molar-refractivity contribution < 1.29 is 4.79 Å². The number of para-hydroxylation sites is 2. The van der Waals surface area contributed by atoms with Gasteiger partial charge in [-0.1, -0.05) is 36.4 Å². The molecule has 0 saturated heterocycles. The van der Waals surface area contributed by atoms with Crippen LogP contribution in [0.4, 0.5) is 5.69 Å². The van der Waals surface area contributed by atoms with E-state index in [0.29, 0.717) is 19.5 Å². The summed E-state index contributed by atoms with van der Waals surface area (Å²) in [5.41, 5.74) is 5.14. The van der Waals surface area contributed by atoms with Crippen molar-refractivity contribution in [3.8, 4) is 5.69 Å². The predicted molar refractivity (Wildman–Crippen MR) is 139 cm³/mol. The van der Waals surface area contributed by atoms with Crippen molar-refractivity contribution in [2.24, 2.45) is 4.99 Å². The lowest BCUT2D eigenvalue weighted by Gasteiger charge is -2.26. The average molecular weight is 544 g/mol. The smallest absolute Gasteiger partial charge is 0.225 e. The fourth-order valence-corrected chi connectivity index (χ4v) is 3.83. The molecule has 0 saturated carbocycles. The summed E-state index contributed by atoms with van der Waals surface area (Å²) in [6.07, 6.45) is 2.43. The highest BCUT2D eigenvalue weighted by atomic mass is 127. The second-order valence-corrected chi connectivity index (χ2v) is 7.64. The first kappa shape index (κ1) is 23.8. The largest absolute Gasteiger partial charge is 0.357 e. The Balaban J connectivity index is 0.00000289. The third-order valence-corrected chi connectivity index (χ3v) is 5.33. The van der Waals surface area contributed by atoms with Crippen LogP contribution in [0.3, 0.4) is 0 Å². The molecule has 0 bridgehead atoms. The number of carbonyl (C=O) groups excluding carboxylic acids is 1. The molecular weight excluding hydrogens is 515 g/mol. The minimum Gasteiger partial charge on any atom is -0.357 e. The number of aromatic nitrogens is 2. The van der Waals surface area contributed by atoms with Crippen LogP contribution < -0.4 is 16.0 Å². The van der Waals surface area contributed by atoms with Crippen molar-refractivity contribution in [3.63, 3.8) is 0 Å². The molecule has 3 aromatic rings. The molecule has 0 fully saturated rings. The Bertz CT molecular complexity index is 1090. The standard InChI is InChI=1S/C24H28N6O.HI/c1-3-25-24(27-16-19-14-23(31)28-21-10-6-5-9-20(19)21)26-15-18-8-4-7-11-22(18)30-13-12-17(2)29-30;/h4-13,19H,3,14-16H2,1-2H3,(H,28,31)(H2,25,26,27);1H. The molecular formula is C24H29IN6O. The van der Waals surface area contributed by atoms with Gasteiger partial charge in [-0.05, 0) is 43.2 Å². The van der Waals surface area contributed by atoms with E-state index in [2.05, 4.69) is 39.2 Å². The molecule has 1 aliphatic rings. The Morgan fingerprint density at radius 2 is 1.94 bits per heavy atom. The van der Waals surface area contributed by atoms with Crippen molar-refractivity contribution in [2.45, 2.75) is 32.7 Å². The zero-order chi connectivity index (χ0) is 21.6. The van der Waals surface area contributed by atoms with Gasteiger partial charge < -0.3 is 16.0 Å². The molecule has 1 amide bonds. The number of hydrogen-bond donors (Lipinski definition) is 3. The molecule has 3 N–H and O–H groups in total. The second kappa shape index (κ2) is 11.1. The van der Waals surface area contributed by atoms with Crippen molar-refractivity contribution in [1.29, 1.82) is 0 Å². The third-order valence-electron chi connectivity index (χ3n) is 5.33. The summed E-state index contributed by atoms with van der Waals surface area (Å²) in [4.78, 5) is 16.9. The summed E-state index contributed by atoms with van der Waals surface area (Å²) in [5.74, 6) is 0.890. The molecule has 4 rings (SSSR count). The van der Waals surface area contributed by atoms with E-state index >= 15 is 0 Å². The van der Waals surface area contributed by atoms with Gasteiger partial charge in [0.15, 0.2) is 5.96 Å². The quantitative estimate of drug-likeness (QED) is 0.249. The summed E-state index contributed by atoms with van der Waals surface area (Å²) < 4.78 is 1.89. The topological polar surface area (TPSA) is 83.3 Å². The van der Waals surface area contributed by atoms with Gasteiger partial charge in [0.25, 0.3) is 0 Å². The molecule has 1 aliphatic heterocycles. The monoisotopic (exact) mass is 544 g/mol. The highest BCUT2D eigenvalue weighted by Crippen LogP contribution is 2.31. The van der Waals surface area contributed by atoms with Crippen LogP contribution in [0.5, 0.6) is 0 Å². The first-order valence-electron chi connectivity index (χ1n) is 10.7. The summed E-state index contributed by atoms with van der Waals surface area (Å²) in [6.45, 7) is 5.94. The maximum Gasteiger partial charge on any atom is 0.225 e. The highest BCUT2D eigenvalue weighted by molar-refractivity contribution is 14.0. The number of carbonyl (C=O) groups is 1. The number of aliphatic imine (C=N–C) groups is 1.